The van der Waals surface area contributed by atoms with E-state index in [2.05, 4.69) is 24.1 Å². The molecule has 1 N–H and O–H groups in total. The maximum Gasteiger partial charge on any atom is 0.139 e. The van der Waals surface area contributed by atoms with Crippen LogP contribution in [0, 0.1) is 0 Å². The molecule has 0 aliphatic heterocycles. The minimum Gasteiger partial charge on any atom is -0.464 e. The van der Waals surface area contributed by atoms with Gasteiger partial charge in [0.15, 0.2) is 0 Å². The third-order valence-electron chi connectivity index (χ3n) is 2.34. The normalized spacial score (nSPS) is 11.9. The van der Waals surface area contributed by atoms with E-state index < -0.39 is 0 Å². The van der Waals surface area contributed by atoms with Crippen LogP contribution in [-0.4, -0.2) is 24.2 Å². The molecule has 0 amide bonds. The number of hydrogen-bond donors (Lipinski definition) is 1. The second kappa shape index (κ2) is 4.14. The molecule has 0 spiro atoms. The van der Waals surface area contributed by atoms with Crippen LogP contribution < -0.4 is 5.32 Å². The van der Waals surface area contributed by atoms with Gasteiger partial charge in [-0.15, -0.1) is 0 Å². The fourth-order valence-corrected chi connectivity index (χ4v) is 1.71. The van der Waals surface area contributed by atoms with Crippen molar-refractivity contribution in [2.75, 3.05) is 19.0 Å². The number of rotatable bonds is 4. The number of pyridine rings is 1. The zero-order chi connectivity index (χ0) is 11.6. The van der Waals surface area contributed by atoms with Crippen molar-refractivity contribution in [3.8, 4) is 0 Å². The molecule has 0 saturated heterocycles. The first-order chi connectivity index (χ1) is 7.62. The van der Waals surface area contributed by atoms with Gasteiger partial charge in [0.1, 0.15) is 11.4 Å². The van der Waals surface area contributed by atoms with E-state index in [1.165, 1.54) is 0 Å². The highest BCUT2D eigenvalue weighted by molar-refractivity contribution is 5.88. The van der Waals surface area contributed by atoms with Gasteiger partial charge < -0.3 is 14.5 Å². The first-order valence-electron chi connectivity index (χ1n) is 5.22. The van der Waals surface area contributed by atoms with Crippen LogP contribution in [-0.2, 0) is 4.74 Å². The summed E-state index contributed by atoms with van der Waals surface area (Å²) in [6, 6.07) is 3.76. The number of anilines is 1. The standard InChI is InChI=1S/C12H16N2O2/c1-12(2,8-15-3)14-11-9-5-7-16-10(9)4-6-13-11/h4-7H,8H2,1-3H3,(H,13,14). The second-order valence-corrected chi connectivity index (χ2v) is 4.43. The summed E-state index contributed by atoms with van der Waals surface area (Å²) in [6.07, 6.45) is 3.40. The summed E-state index contributed by atoms with van der Waals surface area (Å²) in [4.78, 5) is 4.32. The Labute approximate surface area is 94.6 Å². The molecule has 2 rings (SSSR count). The zero-order valence-electron chi connectivity index (χ0n) is 9.78. The fraction of sp³-hybridized carbons (Fsp3) is 0.417. The van der Waals surface area contributed by atoms with E-state index in [4.69, 9.17) is 9.15 Å². The average Bonchev–Trinajstić information content (AvgIpc) is 2.65. The van der Waals surface area contributed by atoms with Gasteiger partial charge in [0, 0.05) is 13.3 Å². The molecule has 2 heterocycles. The molecule has 86 valence electrons. The summed E-state index contributed by atoms with van der Waals surface area (Å²) in [5.41, 5.74) is 0.679. The Balaban J connectivity index is 2.30. The summed E-state index contributed by atoms with van der Waals surface area (Å²) in [7, 11) is 1.69. The van der Waals surface area contributed by atoms with Gasteiger partial charge in [-0.1, -0.05) is 0 Å². The quantitative estimate of drug-likeness (QED) is 0.860. The topological polar surface area (TPSA) is 47.3 Å². The number of ether oxygens (including phenoxy) is 1. The summed E-state index contributed by atoms with van der Waals surface area (Å²) in [5.74, 6) is 0.827. The van der Waals surface area contributed by atoms with E-state index in [9.17, 15) is 0 Å². The van der Waals surface area contributed by atoms with Gasteiger partial charge in [-0.25, -0.2) is 4.98 Å². The fourth-order valence-electron chi connectivity index (χ4n) is 1.71. The molecule has 0 unspecified atom stereocenters. The summed E-state index contributed by atoms with van der Waals surface area (Å²) >= 11 is 0. The number of hydrogen-bond acceptors (Lipinski definition) is 4. The number of nitrogens with one attached hydrogen (secondary N) is 1. The summed E-state index contributed by atoms with van der Waals surface area (Å²) < 4.78 is 10.5. The maximum atomic E-state index is 5.32. The van der Waals surface area contributed by atoms with Gasteiger partial charge in [0.2, 0.25) is 0 Å². The van der Waals surface area contributed by atoms with Gasteiger partial charge >= 0.3 is 0 Å². The molecule has 0 fully saturated rings. The van der Waals surface area contributed by atoms with Crippen molar-refractivity contribution in [1.82, 2.24) is 4.98 Å². The molecule has 2 aromatic rings. The third kappa shape index (κ3) is 2.17. The Bertz CT molecular complexity index is 477. The van der Waals surface area contributed by atoms with Crippen molar-refractivity contribution in [3.63, 3.8) is 0 Å². The molecular weight excluding hydrogens is 204 g/mol. The number of methoxy groups -OCH3 is 1. The van der Waals surface area contributed by atoms with Crippen molar-refractivity contribution in [2.45, 2.75) is 19.4 Å². The lowest BCUT2D eigenvalue weighted by Gasteiger charge is -2.26. The Kier molecular flexibility index (Phi) is 2.83. The van der Waals surface area contributed by atoms with E-state index in [1.807, 2.05) is 12.1 Å². The molecule has 2 aromatic heterocycles. The number of fused-ring (bicyclic) bond motifs is 1. The molecule has 0 atom stereocenters. The SMILES string of the molecule is COCC(C)(C)Nc1nccc2occc12. The van der Waals surface area contributed by atoms with Crippen LogP contribution in [0.2, 0.25) is 0 Å². The molecular formula is C12H16N2O2. The lowest BCUT2D eigenvalue weighted by Crippen LogP contribution is -2.36. The predicted octanol–water partition coefficient (Wildman–Crippen LogP) is 2.66. The van der Waals surface area contributed by atoms with E-state index >= 15 is 0 Å². The lowest BCUT2D eigenvalue weighted by molar-refractivity contribution is 0.158. The first-order valence-corrected chi connectivity index (χ1v) is 5.22. The van der Waals surface area contributed by atoms with Crippen molar-refractivity contribution in [2.24, 2.45) is 0 Å². The Morgan fingerprint density at radius 3 is 3.00 bits per heavy atom. The molecule has 16 heavy (non-hydrogen) atoms. The summed E-state index contributed by atoms with van der Waals surface area (Å²) in [6.45, 7) is 4.75. The molecule has 0 aliphatic rings. The van der Waals surface area contributed by atoms with Crippen LogP contribution >= 0.6 is 0 Å². The van der Waals surface area contributed by atoms with E-state index in [1.54, 1.807) is 19.6 Å². The Hall–Kier alpha value is -1.55. The van der Waals surface area contributed by atoms with E-state index in [-0.39, 0.29) is 5.54 Å². The lowest BCUT2D eigenvalue weighted by atomic mass is 10.1. The van der Waals surface area contributed by atoms with Crippen LogP contribution in [0.25, 0.3) is 11.0 Å². The molecule has 0 radical (unpaired) electrons. The minimum absolute atomic E-state index is 0.159. The third-order valence-corrected chi connectivity index (χ3v) is 2.34. The van der Waals surface area contributed by atoms with E-state index in [0.717, 1.165) is 16.8 Å². The molecule has 0 saturated carbocycles. The monoisotopic (exact) mass is 220 g/mol. The number of furan rings is 1. The Morgan fingerprint density at radius 2 is 2.25 bits per heavy atom. The largest absolute Gasteiger partial charge is 0.464 e. The average molecular weight is 220 g/mol. The van der Waals surface area contributed by atoms with Crippen LogP contribution in [0.5, 0.6) is 0 Å². The van der Waals surface area contributed by atoms with Gasteiger partial charge in [0.25, 0.3) is 0 Å². The van der Waals surface area contributed by atoms with Crippen LogP contribution in [0.1, 0.15) is 13.8 Å². The van der Waals surface area contributed by atoms with Crippen molar-refractivity contribution >= 4 is 16.8 Å². The first kappa shape index (κ1) is 11.0. The van der Waals surface area contributed by atoms with Crippen molar-refractivity contribution in [1.29, 1.82) is 0 Å². The molecule has 0 bridgehead atoms. The van der Waals surface area contributed by atoms with Gasteiger partial charge in [0.05, 0.1) is 23.8 Å². The van der Waals surface area contributed by atoms with Crippen molar-refractivity contribution < 1.29 is 9.15 Å². The number of aromatic nitrogens is 1. The second-order valence-electron chi connectivity index (χ2n) is 4.43. The molecule has 0 aromatic carbocycles. The summed E-state index contributed by atoms with van der Waals surface area (Å²) in [5, 5.41) is 4.34. The van der Waals surface area contributed by atoms with E-state index in [0.29, 0.717) is 6.61 Å². The Morgan fingerprint density at radius 1 is 1.44 bits per heavy atom. The molecule has 4 heteroatoms. The van der Waals surface area contributed by atoms with Crippen LogP contribution in [0.4, 0.5) is 5.82 Å². The van der Waals surface area contributed by atoms with Gasteiger partial charge in [-0.2, -0.15) is 0 Å². The highest BCUT2D eigenvalue weighted by atomic mass is 16.5. The van der Waals surface area contributed by atoms with Crippen LogP contribution in [0.3, 0.4) is 0 Å². The smallest absolute Gasteiger partial charge is 0.139 e. The van der Waals surface area contributed by atoms with Gasteiger partial charge in [-0.3, -0.25) is 0 Å². The van der Waals surface area contributed by atoms with Crippen molar-refractivity contribution in [3.05, 3.63) is 24.6 Å². The van der Waals surface area contributed by atoms with Gasteiger partial charge in [-0.05, 0) is 26.0 Å². The highest BCUT2D eigenvalue weighted by Gasteiger charge is 2.19. The van der Waals surface area contributed by atoms with Crippen LogP contribution in [0.15, 0.2) is 29.0 Å². The zero-order valence-corrected chi connectivity index (χ0v) is 9.78. The maximum absolute atomic E-state index is 5.32. The molecule has 4 nitrogen and oxygen atoms in total. The highest BCUT2D eigenvalue weighted by Crippen LogP contribution is 2.24. The molecule has 0 aliphatic carbocycles. The predicted molar refractivity (Wildman–Crippen MR) is 63.6 cm³/mol. The number of nitrogens with zero attached hydrogens (tertiary/aromatic N) is 1. The minimum atomic E-state index is -0.159.